The quantitative estimate of drug-likeness (QED) is 0.499. The van der Waals surface area contributed by atoms with Crippen molar-refractivity contribution in [2.75, 3.05) is 0 Å². The SMILES string of the molecule is NC1(NC(CC(=O)O)C(=O)O)CCCCC1. The fourth-order valence-corrected chi connectivity index (χ4v) is 2.05. The van der Waals surface area contributed by atoms with E-state index in [4.69, 9.17) is 15.9 Å². The van der Waals surface area contributed by atoms with Crippen molar-refractivity contribution in [3.63, 3.8) is 0 Å². The number of rotatable bonds is 5. The van der Waals surface area contributed by atoms with E-state index >= 15 is 0 Å². The van der Waals surface area contributed by atoms with Crippen molar-refractivity contribution in [1.82, 2.24) is 5.32 Å². The molecule has 5 N–H and O–H groups in total. The molecule has 1 atom stereocenters. The Bertz CT molecular complexity index is 274. The normalized spacial score (nSPS) is 21.3. The molecule has 0 aromatic heterocycles. The predicted molar refractivity (Wildman–Crippen MR) is 56.8 cm³/mol. The standard InChI is InChI=1S/C10H18N2O4/c11-10(4-2-1-3-5-10)12-7(9(15)16)6-8(13)14/h7,12H,1-6,11H2,(H,13,14)(H,15,16). The Kier molecular flexibility index (Phi) is 4.26. The van der Waals surface area contributed by atoms with Gasteiger partial charge in [0.05, 0.1) is 12.1 Å². The third kappa shape index (κ3) is 3.79. The summed E-state index contributed by atoms with van der Waals surface area (Å²) in [5.74, 6) is -2.31. The van der Waals surface area contributed by atoms with E-state index < -0.39 is 30.1 Å². The van der Waals surface area contributed by atoms with Crippen LogP contribution in [0.25, 0.3) is 0 Å². The average Bonchev–Trinajstić information content (AvgIpc) is 2.16. The number of carbonyl (C=O) groups is 2. The van der Waals surface area contributed by atoms with Crippen molar-refractivity contribution in [3.8, 4) is 0 Å². The maximum Gasteiger partial charge on any atom is 0.321 e. The van der Waals surface area contributed by atoms with Crippen LogP contribution >= 0.6 is 0 Å². The van der Waals surface area contributed by atoms with E-state index in [1.807, 2.05) is 0 Å². The lowest BCUT2D eigenvalue weighted by Crippen LogP contribution is -2.60. The van der Waals surface area contributed by atoms with Gasteiger partial charge >= 0.3 is 11.9 Å². The van der Waals surface area contributed by atoms with Crippen molar-refractivity contribution in [2.24, 2.45) is 5.73 Å². The van der Waals surface area contributed by atoms with Crippen molar-refractivity contribution in [1.29, 1.82) is 0 Å². The zero-order chi connectivity index (χ0) is 12.2. The lowest BCUT2D eigenvalue weighted by atomic mass is 9.89. The van der Waals surface area contributed by atoms with Gasteiger partial charge in [-0.25, -0.2) is 0 Å². The fraction of sp³-hybridized carbons (Fsp3) is 0.800. The number of carboxylic acids is 2. The van der Waals surface area contributed by atoms with Crippen molar-refractivity contribution in [2.45, 2.75) is 50.2 Å². The summed E-state index contributed by atoms with van der Waals surface area (Å²) in [5.41, 5.74) is 5.28. The number of carboxylic acid groups (broad SMARTS) is 2. The molecule has 0 aromatic rings. The Hall–Kier alpha value is -1.14. The van der Waals surface area contributed by atoms with E-state index in [2.05, 4.69) is 5.32 Å². The largest absolute Gasteiger partial charge is 0.481 e. The molecule has 1 rings (SSSR count). The Morgan fingerprint density at radius 2 is 1.81 bits per heavy atom. The molecular formula is C10H18N2O4. The molecule has 1 saturated carbocycles. The Balaban J connectivity index is 2.59. The maximum atomic E-state index is 10.9. The molecule has 6 heteroatoms. The van der Waals surface area contributed by atoms with Gasteiger partial charge in [0, 0.05) is 0 Å². The zero-order valence-electron chi connectivity index (χ0n) is 9.11. The highest BCUT2D eigenvalue weighted by molar-refractivity contribution is 5.80. The molecule has 0 radical (unpaired) electrons. The number of nitrogens with one attached hydrogen (secondary N) is 1. The third-order valence-corrected chi connectivity index (χ3v) is 2.88. The van der Waals surface area contributed by atoms with Gasteiger partial charge in [-0.2, -0.15) is 0 Å². The molecule has 16 heavy (non-hydrogen) atoms. The summed E-state index contributed by atoms with van der Waals surface area (Å²) in [4.78, 5) is 21.4. The molecule has 1 aliphatic carbocycles. The minimum absolute atomic E-state index is 0.450. The number of hydrogen-bond donors (Lipinski definition) is 4. The van der Waals surface area contributed by atoms with Crippen LogP contribution in [0.3, 0.4) is 0 Å². The summed E-state index contributed by atoms with van der Waals surface area (Å²) in [6.07, 6.45) is 3.92. The van der Waals surface area contributed by atoms with Crippen molar-refractivity contribution in [3.05, 3.63) is 0 Å². The maximum absolute atomic E-state index is 10.9. The van der Waals surface area contributed by atoms with Crippen LogP contribution < -0.4 is 11.1 Å². The first-order valence-electron chi connectivity index (χ1n) is 5.44. The molecule has 0 spiro atoms. The number of hydrogen-bond acceptors (Lipinski definition) is 4. The highest BCUT2D eigenvalue weighted by Crippen LogP contribution is 2.24. The van der Waals surface area contributed by atoms with Gasteiger partial charge in [0.25, 0.3) is 0 Å². The van der Waals surface area contributed by atoms with Crippen LogP contribution in [0.4, 0.5) is 0 Å². The van der Waals surface area contributed by atoms with Crippen LogP contribution in [0.1, 0.15) is 38.5 Å². The van der Waals surface area contributed by atoms with Gasteiger partial charge in [-0.15, -0.1) is 0 Å². The topological polar surface area (TPSA) is 113 Å². The smallest absolute Gasteiger partial charge is 0.321 e. The van der Waals surface area contributed by atoms with Crippen LogP contribution in [0, 0.1) is 0 Å². The minimum Gasteiger partial charge on any atom is -0.481 e. The van der Waals surface area contributed by atoms with Crippen molar-refractivity contribution >= 4 is 11.9 Å². The van der Waals surface area contributed by atoms with Crippen LogP contribution in [0.2, 0.25) is 0 Å². The van der Waals surface area contributed by atoms with Gasteiger partial charge in [-0.05, 0) is 12.8 Å². The Morgan fingerprint density at radius 1 is 1.25 bits per heavy atom. The molecule has 1 fully saturated rings. The summed E-state index contributed by atoms with van der Waals surface area (Å²) >= 11 is 0. The second-order valence-corrected chi connectivity index (χ2v) is 4.35. The van der Waals surface area contributed by atoms with Gasteiger partial charge < -0.3 is 15.9 Å². The molecule has 1 unspecified atom stereocenters. The van der Waals surface area contributed by atoms with E-state index in [1.165, 1.54) is 0 Å². The average molecular weight is 230 g/mol. The lowest BCUT2D eigenvalue weighted by Gasteiger charge is -2.36. The number of aliphatic carboxylic acids is 2. The van der Waals surface area contributed by atoms with E-state index in [9.17, 15) is 9.59 Å². The van der Waals surface area contributed by atoms with E-state index in [0.29, 0.717) is 12.8 Å². The summed E-state index contributed by atoms with van der Waals surface area (Å²) < 4.78 is 0. The number of nitrogens with two attached hydrogens (primary N) is 1. The lowest BCUT2D eigenvalue weighted by molar-refractivity contribution is -0.146. The van der Waals surface area contributed by atoms with Crippen LogP contribution in [0.5, 0.6) is 0 Å². The van der Waals surface area contributed by atoms with E-state index in [0.717, 1.165) is 19.3 Å². The van der Waals surface area contributed by atoms with E-state index in [1.54, 1.807) is 0 Å². The van der Waals surface area contributed by atoms with E-state index in [-0.39, 0.29) is 0 Å². The summed E-state index contributed by atoms with van der Waals surface area (Å²) in [5, 5.41) is 20.2. The Morgan fingerprint density at radius 3 is 2.25 bits per heavy atom. The van der Waals surface area contributed by atoms with Gasteiger partial charge in [0.1, 0.15) is 6.04 Å². The second-order valence-electron chi connectivity index (χ2n) is 4.35. The molecule has 0 heterocycles. The van der Waals surface area contributed by atoms with Crippen LogP contribution in [0.15, 0.2) is 0 Å². The van der Waals surface area contributed by atoms with Crippen LogP contribution in [-0.2, 0) is 9.59 Å². The first-order chi connectivity index (χ1) is 7.43. The first-order valence-corrected chi connectivity index (χ1v) is 5.44. The predicted octanol–water partition coefficient (Wildman–Crippen LogP) is 0.123. The van der Waals surface area contributed by atoms with Crippen molar-refractivity contribution < 1.29 is 19.8 Å². The van der Waals surface area contributed by atoms with Gasteiger partial charge in [-0.3, -0.25) is 14.9 Å². The molecule has 0 bridgehead atoms. The zero-order valence-corrected chi connectivity index (χ0v) is 9.11. The third-order valence-electron chi connectivity index (χ3n) is 2.88. The molecule has 1 aliphatic rings. The second kappa shape index (κ2) is 5.27. The summed E-state index contributed by atoms with van der Waals surface area (Å²) in [7, 11) is 0. The molecule has 0 aliphatic heterocycles. The first kappa shape index (κ1) is 12.9. The monoisotopic (exact) mass is 230 g/mol. The molecule has 0 saturated heterocycles. The molecule has 92 valence electrons. The molecule has 6 nitrogen and oxygen atoms in total. The highest BCUT2D eigenvalue weighted by atomic mass is 16.4. The van der Waals surface area contributed by atoms with Crippen LogP contribution in [-0.4, -0.2) is 33.9 Å². The highest BCUT2D eigenvalue weighted by Gasteiger charge is 2.33. The molecule has 0 aromatic carbocycles. The minimum atomic E-state index is -1.17. The molecule has 0 amide bonds. The molecular weight excluding hydrogens is 212 g/mol. The Labute approximate surface area is 93.8 Å². The van der Waals surface area contributed by atoms with Gasteiger partial charge in [-0.1, -0.05) is 19.3 Å². The van der Waals surface area contributed by atoms with Gasteiger partial charge in [0.15, 0.2) is 0 Å². The van der Waals surface area contributed by atoms with Gasteiger partial charge in [0.2, 0.25) is 0 Å². The summed E-state index contributed by atoms with van der Waals surface area (Å²) in [6.45, 7) is 0. The summed E-state index contributed by atoms with van der Waals surface area (Å²) in [6, 6.07) is -1.11. The fourth-order valence-electron chi connectivity index (χ4n) is 2.05.